The largest absolute Gasteiger partial charge is 0.508 e. The van der Waals surface area contributed by atoms with E-state index in [4.69, 9.17) is 4.74 Å². The quantitative estimate of drug-likeness (QED) is 0.858. The van der Waals surface area contributed by atoms with Gasteiger partial charge in [-0.3, -0.25) is 4.79 Å². The maximum absolute atomic E-state index is 12.7. The number of carbonyl (C=O) groups is 2. The van der Waals surface area contributed by atoms with Crippen molar-refractivity contribution in [1.29, 1.82) is 0 Å². The van der Waals surface area contributed by atoms with E-state index in [1.807, 2.05) is 0 Å². The van der Waals surface area contributed by atoms with Gasteiger partial charge in [-0.15, -0.1) is 0 Å². The summed E-state index contributed by atoms with van der Waals surface area (Å²) in [6.45, 7) is 3.27. The van der Waals surface area contributed by atoms with Crippen LogP contribution in [0.1, 0.15) is 28.8 Å². The van der Waals surface area contributed by atoms with Crippen LogP contribution in [0.4, 0.5) is 4.79 Å². The molecule has 0 bridgehead atoms. The number of piperidine rings is 1. The number of rotatable bonds is 1. The highest BCUT2D eigenvalue weighted by molar-refractivity contribution is 5.96. The minimum atomic E-state index is -0.593. The lowest BCUT2D eigenvalue weighted by Crippen LogP contribution is -2.52. The molecule has 6 heteroatoms. The van der Waals surface area contributed by atoms with Crippen LogP contribution in [-0.2, 0) is 4.74 Å². The predicted molar refractivity (Wildman–Crippen MR) is 79.8 cm³/mol. The van der Waals surface area contributed by atoms with Gasteiger partial charge in [-0.25, -0.2) is 4.79 Å². The van der Waals surface area contributed by atoms with Crippen molar-refractivity contribution < 1.29 is 19.4 Å². The molecule has 2 fully saturated rings. The topological polar surface area (TPSA) is 70.1 Å². The summed E-state index contributed by atoms with van der Waals surface area (Å²) in [5.74, 6) is -0.0114. The van der Waals surface area contributed by atoms with E-state index in [0.717, 1.165) is 12.8 Å². The maximum atomic E-state index is 12.7. The van der Waals surface area contributed by atoms with Gasteiger partial charge in [-0.05, 0) is 31.9 Å². The van der Waals surface area contributed by atoms with Crippen molar-refractivity contribution in [3.8, 4) is 5.75 Å². The second-order valence-corrected chi connectivity index (χ2v) is 6.19. The van der Waals surface area contributed by atoms with E-state index in [1.165, 1.54) is 0 Å². The summed E-state index contributed by atoms with van der Waals surface area (Å²) in [6.07, 6.45) is 1.24. The molecule has 0 unspecified atom stereocenters. The summed E-state index contributed by atoms with van der Waals surface area (Å²) in [6, 6.07) is 4.95. The van der Waals surface area contributed by atoms with E-state index in [-0.39, 0.29) is 17.7 Å². The maximum Gasteiger partial charge on any atom is 0.410 e. The first kappa shape index (κ1) is 14.7. The van der Waals surface area contributed by atoms with Gasteiger partial charge in [0.2, 0.25) is 0 Å². The number of benzene rings is 1. The Morgan fingerprint density at radius 3 is 2.82 bits per heavy atom. The SMILES string of the molecule is Cc1c(O)cccc1C(=O)N1CCC[C@]2(CN(C)C(=O)O2)C1. The molecule has 2 heterocycles. The second kappa shape index (κ2) is 5.19. The lowest BCUT2D eigenvalue weighted by atomic mass is 9.92. The highest BCUT2D eigenvalue weighted by atomic mass is 16.6. The Balaban J connectivity index is 1.82. The molecule has 1 spiro atoms. The van der Waals surface area contributed by atoms with Gasteiger partial charge in [0.05, 0.1) is 13.1 Å². The summed E-state index contributed by atoms with van der Waals surface area (Å²) in [4.78, 5) is 27.7. The fraction of sp³-hybridized carbons (Fsp3) is 0.500. The second-order valence-electron chi connectivity index (χ2n) is 6.19. The molecule has 1 aromatic rings. The molecule has 118 valence electrons. The third kappa shape index (κ3) is 2.38. The summed E-state index contributed by atoms with van der Waals surface area (Å²) in [7, 11) is 1.71. The highest BCUT2D eigenvalue weighted by Crippen LogP contribution is 2.32. The molecule has 1 aromatic carbocycles. The molecule has 2 aliphatic rings. The molecule has 2 saturated heterocycles. The third-order valence-electron chi connectivity index (χ3n) is 4.50. The minimum Gasteiger partial charge on any atom is -0.508 e. The minimum absolute atomic E-state index is 0.115. The summed E-state index contributed by atoms with van der Waals surface area (Å²) in [5.41, 5.74) is 0.479. The van der Waals surface area contributed by atoms with Crippen LogP contribution >= 0.6 is 0 Å². The van der Waals surface area contributed by atoms with Gasteiger partial charge >= 0.3 is 6.09 Å². The van der Waals surface area contributed by atoms with Crippen molar-refractivity contribution in [2.45, 2.75) is 25.4 Å². The Kier molecular flexibility index (Phi) is 3.47. The first-order valence-corrected chi connectivity index (χ1v) is 7.44. The number of likely N-dealkylation sites (tertiary alicyclic amines) is 1. The number of likely N-dealkylation sites (N-methyl/N-ethyl adjacent to an activating group) is 1. The molecule has 3 rings (SSSR count). The van der Waals surface area contributed by atoms with Crippen LogP contribution in [0.5, 0.6) is 5.75 Å². The zero-order valence-corrected chi connectivity index (χ0v) is 12.8. The lowest BCUT2D eigenvalue weighted by molar-refractivity contribution is -0.00524. The number of amides is 2. The number of carbonyl (C=O) groups excluding carboxylic acids is 2. The van der Waals surface area contributed by atoms with Crippen LogP contribution in [0.3, 0.4) is 0 Å². The van der Waals surface area contributed by atoms with Crippen molar-refractivity contribution in [1.82, 2.24) is 9.80 Å². The van der Waals surface area contributed by atoms with E-state index >= 15 is 0 Å². The molecule has 2 amide bonds. The van der Waals surface area contributed by atoms with Crippen LogP contribution < -0.4 is 0 Å². The number of nitrogens with zero attached hydrogens (tertiary/aromatic N) is 2. The molecule has 2 aliphatic heterocycles. The van der Waals surface area contributed by atoms with Gasteiger partial charge in [-0.1, -0.05) is 6.07 Å². The first-order valence-electron chi connectivity index (χ1n) is 7.44. The number of hydrogen-bond donors (Lipinski definition) is 1. The third-order valence-corrected chi connectivity index (χ3v) is 4.50. The monoisotopic (exact) mass is 304 g/mol. The van der Waals surface area contributed by atoms with E-state index in [9.17, 15) is 14.7 Å². The number of hydrogen-bond acceptors (Lipinski definition) is 4. The van der Waals surface area contributed by atoms with Crippen LogP contribution in [0, 0.1) is 6.92 Å². The van der Waals surface area contributed by atoms with Gasteiger partial charge in [0.15, 0.2) is 0 Å². The fourth-order valence-corrected chi connectivity index (χ4v) is 3.30. The van der Waals surface area contributed by atoms with Crippen molar-refractivity contribution in [3.63, 3.8) is 0 Å². The van der Waals surface area contributed by atoms with Crippen LogP contribution in [0.2, 0.25) is 0 Å². The number of phenols is 1. The fourth-order valence-electron chi connectivity index (χ4n) is 3.30. The van der Waals surface area contributed by atoms with Crippen molar-refractivity contribution in [2.75, 3.05) is 26.7 Å². The molecule has 0 radical (unpaired) electrons. The Labute approximate surface area is 129 Å². The molecule has 0 saturated carbocycles. The van der Waals surface area contributed by atoms with E-state index < -0.39 is 5.60 Å². The van der Waals surface area contributed by atoms with E-state index in [2.05, 4.69) is 0 Å². The summed E-state index contributed by atoms with van der Waals surface area (Å²) in [5, 5.41) is 9.78. The zero-order chi connectivity index (χ0) is 15.9. The molecule has 1 atom stereocenters. The molecule has 22 heavy (non-hydrogen) atoms. The molecule has 0 aliphatic carbocycles. The molecule has 1 N–H and O–H groups in total. The molecular formula is C16H20N2O4. The van der Waals surface area contributed by atoms with Crippen LogP contribution in [0.15, 0.2) is 18.2 Å². The standard InChI is InChI=1S/C16H20N2O4/c1-11-12(5-3-6-13(11)19)14(20)18-8-4-7-16(10-18)9-17(2)15(21)22-16/h3,5-6,19H,4,7-10H2,1-2H3/t16-/m0/s1. The van der Waals surface area contributed by atoms with Crippen LogP contribution in [0.25, 0.3) is 0 Å². The van der Waals surface area contributed by atoms with Crippen molar-refractivity contribution >= 4 is 12.0 Å². The van der Waals surface area contributed by atoms with Crippen molar-refractivity contribution in [3.05, 3.63) is 29.3 Å². The number of phenolic OH excluding ortho intramolecular Hbond substituents is 1. The Morgan fingerprint density at radius 2 is 2.14 bits per heavy atom. The average Bonchev–Trinajstić information content (AvgIpc) is 2.75. The first-order chi connectivity index (χ1) is 10.4. The van der Waals surface area contributed by atoms with Crippen LogP contribution in [-0.4, -0.2) is 59.2 Å². The van der Waals surface area contributed by atoms with Gasteiger partial charge < -0.3 is 19.6 Å². The van der Waals surface area contributed by atoms with Gasteiger partial charge in [0, 0.05) is 24.7 Å². The Bertz CT molecular complexity index is 631. The smallest absolute Gasteiger partial charge is 0.410 e. The van der Waals surface area contributed by atoms with E-state index in [1.54, 1.807) is 42.0 Å². The Morgan fingerprint density at radius 1 is 1.36 bits per heavy atom. The van der Waals surface area contributed by atoms with Gasteiger partial charge in [0.1, 0.15) is 11.4 Å². The highest BCUT2D eigenvalue weighted by Gasteiger charge is 2.47. The average molecular weight is 304 g/mol. The summed E-state index contributed by atoms with van der Waals surface area (Å²) >= 11 is 0. The number of ether oxygens (including phenoxy) is 1. The normalized spacial score (nSPS) is 24.7. The molecule has 0 aromatic heterocycles. The molecular weight excluding hydrogens is 284 g/mol. The lowest BCUT2D eigenvalue weighted by Gasteiger charge is -2.38. The summed E-state index contributed by atoms with van der Waals surface area (Å²) < 4.78 is 5.52. The number of aromatic hydroxyl groups is 1. The Hall–Kier alpha value is -2.24. The van der Waals surface area contributed by atoms with E-state index in [0.29, 0.717) is 30.8 Å². The zero-order valence-electron chi connectivity index (χ0n) is 12.8. The van der Waals surface area contributed by atoms with Gasteiger partial charge in [0.25, 0.3) is 5.91 Å². The predicted octanol–water partition coefficient (Wildman–Crippen LogP) is 1.76. The van der Waals surface area contributed by atoms with Crippen molar-refractivity contribution in [2.24, 2.45) is 0 Å². The molecule has 6 nitrogen and oxygen atoms in total. The van der Waals surface area contributed by atoms with Gasteiger partial charge in [-0.2, -0.15) is 0 Å².